The lowest BCUT2D eigenvalue weighted by Gasteiger charge is -2.27. The summed E-state index contributed by atoms with van der Waals surface area (Å²) in [7, 11) is 0. The molecule has 1 aliphatic heterocycles. The van der Waals surface area contributed by atoms with Gasteiger partial charge in [-0.25, -0.2) is 14.4 Å². The molecule has 1 aliphatic rings. The number of imidazole rings is 1. The van der Waals surface area contributed by atoms with Crippen LogP contribution in [0, 0.1) is 12.7 Å². The quantitative estimate of drug-likeness (QED) is 0.545. The van der Waals surface area contributed by atoms with E-state index in [1.807, 2.05) is 23.6 Å². The van der Waals surface area contributed by atoms with Crippen molar-refractivity contribution in [2.45, 2.75) is 13.5 Å². The van der Waals surface area contributed by atoms with Gasteiger partial charge in [-0.05, 0) is 42.3 Å². The summed E-state index contributed by atoms with van der Waals surface area (Å²) < 4.78 is 21.3. The van der Waals surface area contributed by atoms with E-state index in [9.17, 15) is 9.50 Å². The first-order valence-corrected chi connectivity index (χ1v) is 10.2. The van der Waals surface area contributed by atoms with Gasteiger partial charge in [0.2, 0.25) is 5.95 Å². The maximum Gasteiger partial charge on any atom is 0.228 e. The van der Waals surface area contributed by atoms with Crippen molar-refractivity contribution in [1.29, 1.82) is 0 Å². The molecule has 0 atom stereocenters. The van der Waals surface area contributed by atoms with Crippen LogP contribution in [-0.2, 0) is 11.3 Å². The van der Waals surface area contributed by atoms with E-state index in [0.717, 1.165) is 16.7 Å². The van der Waals surface area contributed by atoms with Gasteiger partial charge >= 0.3 is 0 Å². The number of anilines is 1. The summed E-state index contributed by atoms with van der Waals surface area (Å²) in [5, 5.41) is 9.99. The second kappa shape index (κ2) is 7.96. The van der Waals surface area contributed by atoms with E-state index in [4.69, 9.17) is 14.7 Å². The summed E-state index contributed by atoms with van der Waals surface area (Å²) in [5.41, 5.74) is 4.41. The van der Waals surface area contributed by atoms with Crippen LogP contribution in [0.15, 0.2) is 48.8 Å². The third-order valence-electron chi connectivity index (χ3n) is 5.32. The van der Waals surface area contributed by atoms with Crippen molar-refractivity contribution in [3.63, 3.8) is 0 Å². The van der Waals surface area contributed by atoms with Crippen LogP contribution >= 0.6 is 0 Å². The zero-order valence-electron chi connectivity index (χ0n) is 17.1. The molecule has 0 radical (unpaired) electrons. The Kier molecular flexibility index (Phi) is 4.99. The summed E-state index contributed by atoms with van der Waals surface area (Å²) in [5.74, 6) is 0.488. The van der Waals surface area contributed by atoms with Crippen LogP contribution in [-0.4, -0.2) is 50.9 Å². The Bertz CT molecular complexity index is 1230. The van der Waals surface area contributed by atoms with Crippen molar-refractivity contribution in [1.82, 2.24) is 19.5 Å². The van der Waals surface area contributed by atoms with Gasteiger partial charge in [-0.1, -0.05) is 18.2 Å². The third kappa shape index (κ3) is 3.94. The fourth-order valence-corrected chi connectivity index (χ4v) is 3.91. The minimum absolute atomic E-state index is 0.159. The van der Waals surface area contributed by atoms with Gasteiger partial charge < -0.3 is 19.3 Å². The van der Waals surface area contributed by atoms with Gasteiger partial charge in [-0.15, -0.1) is 0 Å². The van der Waals surface area contributed by atoms with Gasteiger partial charge in [0.1, 0.15) is 22.8 Å². The molecule has 0 spiro atoms. The largest absolute Gasteiger partial charge is 0.508 e. The van der Waals surface area contributed by atoms with E-state index in [1.165, 1.54) is 12.1 Å². The van der Waals surface area contributed by atoms with Crippen molar-refractivity contribution < 1.29 is 14.2 Å². The van der Waals surface area contributed by atoms with E-state index in [0.29, 0.717) is 55.7 Å². The van der Waals surface area contributed by atoms with Crippen LogP contribution in [0.25, 0.3) is 22.4 Å². The lowest BCUT2D eigenvalue weighted by Crippen LogP contribution is -2.37. The normalized spacial score (nSPS) is 14.3. The third-order valence-corrected chi connectivity index (χ3v) is 5.32. The van der Waals surface area contributed by atoms with Crippen molar-refractivity contribution in [2.75, 3.05) is 31.2 Å². The molecule has 158 valence electrons. The number of phenols is 1. The Balaban J connectivity index is 1.65. The highest BCUT2D eigenvalue weighted by Gasteiger charge is 2.20. The SMILES string of the molecule is Cc1cc(F)cc(Cn2cnc3c(-c4cccc(O)c4)nc(N4CCOCC4)nc32)c1. The van der Waals surface area contributed by atoms with Crippen molar-refractivity contribution in [3.8, 4) is 17.0 Å². The van der Waals surface area contributed by atoms with Crippen molar-refractivity contribution in [2.24, 2.45) is 0 Å². The van der Waals surface area contributed by atoms with Crippen LogP contribution in [0.5, 0.6) is 5.75 Å². The molecule has 8 heteroatoms. The standard InChI is InChI=1S/C23H22FN5O2/c1-15-9-16(11-18(24)10-15)13-29-14-25-21-20(17-3-2-4-19(30)12-17)26-23(27-22(21)29)28-5-7-31-8-6-28/h2-4,9-12,14,30H,5-8,13H2,1H3. The summed E-state index contributed by atoms with van der Waals surface area (Å²) >= 11 is 0. The number of aromatic nitrogens is 4. The molecule has 0 saturated carbocycles. The Morgan fingerprint density at radius 3 is 2.71 bits per heavy atom. The molecule has 2 aromatic carbocycles. The fraction of sp³-hybridized carbons (Fsp3) is 0.261. The van der Waals surface area contributed by atoms with Gasteiger partial charge in [0.15, 0.2) is 5.65 Å². The molecule has 0 aliphatic carbocycles. The number of aryl methyl sites for hydroxylation is 1. The number of nitrogens with zero attached hydrogens (tertiary/aromatic N) is 5. The second-order valence-corrected chi connectivity index (χ2v) is 7.70. The molecule has 0 bridgehead atoms. The number of fused-ring (bicyclic) bond motifs is 1. The lowest BCUT2D eigenvalue weighted by atomic mass is 10.1. The van der Waals surface area contributed by atoms with Crippen LogP contribution in [0.1, 0.15) is 11.1 Å². The minimum atomic E-state index is -0.261. The number of morpholine rings is 1. The van der Waals surface area contributed by atoms with E-state index in [-0.39, 0.29) is 11.6 Å². The Morgan fingerprint density at radius 1 is 1.10 bits per heavy atom. The average Bonchev–Trinajstić information content (AvgIpc) is 3.15. The molecule has 0 unspecified atom stereocenters. The van der Waals surface area contributed by atoms with Gasteiger partial charge in [0.05, 0.1) is 26.1 Å². The number of benzene rings is 2. The van der Waals surface area contributed by atoms with Crippen molar-refractivity contribution in [3.05, 3.63) is 65.7 Å². The topological polar surface area (TPSA) is 76.3 Å². The maximum absolute atomic E-state index is 13.9. The Hall–Kier alpha value is -3.52. The number of phenolic OH excluding ortho intramolecular Hbond substituents is 1. The molecule has 3 heterocycles. The highest BCUT2D eigenvalue weighted by atomic mass is 19.1. The van der Waals surface area contributed by atoms with E-state index in [2.05, 4.69) is 9.88 Å². The van der Waals surface area contributed by atoms with Gasteiger partial charge in [-0.3, -0.25) is 0 Å². The molecule has 1 N–H and O–H groups in total. The summed E-state index contributed by atoms with van der Waals surface area (Å²) in [4.78, 5) is 16.3. The molecule has 31 heavy (non-hydrogen) atoms. The van der Waals surface area contributed by atoms with Crippen LogP contribution in [0.4, 0.5) is 10.3 Å². The van der Waals surface area contributed by atoms with Gasteiger partial charge in [-0.2, -0.15) is 4.98 Å². The number of hydrogen-bond acceptors (Lipinski definition) is 6. The summed E-state index contributed by atoms with van der Waals surface area (Å²) in [6, 6.07) is 11.9. The zero-order valence-corrected chi connectivity index (χ0v) is 17.1. The molecular formula is C23H22FN5O2. The average molecular weight is 419 g/mol. The van der Waals surface area contributed by atoms with Crippen LogP contribution in [0.2, 0.25) is 0 Å². The molecule has 4 aromatic rings. The fourth-order valence-electron chi connectivity index (χ4n) is 3.91. The first kappa shape index (κ1) is 19.4. The number of rotatable bonds is 4. The highest BCUT2D eigenvalue weighted by molar-refractivity contribution is 5.88. The number of halogens is 1. The second-order valence-electron chi connectivity index (χ2n) is 7.70. The predicted molar refractivity (Wildman–Crippen MR) is 116 cm³/mol. The van der Waals surface area contributed by atoms with E-state index >= 15 is 0 Å². The first-order chi connectivity index (χ1) is 15.1. The summed E-state index contributed by atoms with van der Waals surface area (Å²) in [6.07, 6.45) is 1.70. The number of hydrogen-bond donors (Lipinski definition) is 1. The van der Waals surface area contributed by atoms with Gasteiger partial charge in [0.25, 0.3) is 0 Å². The maximum atomic E-state index is 13.9. The predicted octanol–water partition coefficient (Wildman–Crippen LogP) is 3.53. The van der Waals surface area contributed by atoms with Crippen molar-refractivity contribution >= 4 is 17.1 Å². The molecule has 5 rings (SSSR count). The highest BCUT2D eigenvalue weighted by Crippen LogP contribution is 2.30. The number of ether oxygens (including phenoxy) is 1. The first-order valence-electron chi connectivity index (χ1n) is 10.2. The van der Waals surface area contributed by atoms with E-state index in [1.54, 1.807) is 24.5 Å². The molecule has 2 aromatic heterocycles. The number of aromatic hydroxyl groups is 1. The molecular weight excluding hydrogens is 397 g/mol. The van der Waals surface area contributed by atoms with E-state index < -0.39 is 0 Å². The molecule has 0 amide bonds. The van der Waals surface area contributed by atoms with Crippen LogP contribution in [0.3, 0.4) is 0 Å². The Labute approximate surface area is 178 Å². The molecule has 7 nitrogen and oxygen atoms in total. The summed E-state index contributed by atoms with van der Waals surface area (Å²) in [6.45, 7) is 4.94. The molecule has 1 fully saturated rings. The smallest absolute Gasteiger partial charge is 0.228 e. The monoisotopic (exact) mass is 419 g/mol. The lowest BCUT2D eigenvalue weighted by molar-refractivity contribution is 0.122. The minimum Gasteiger partial charge on any atom is -0.508 e. The Morgan fingerprint density at radius 2 is 1.94 bits per heavy atom. The van der Waals surface area contributed by atoms with Gasteiger partial charge in [0, 0.05) is 18.7 Å². The molecule has 1 saturated heterocycles. The van der Waals surface area contributed by atoms with Crippen LogP contribution < -0.4 is 4.90 Å². The zero-order chi connectivity index (χ0) is 21.4.